The normalized spacial score (nSPS) is 15.2. The molecule has 0 spiro atoms. The molecule has 110 valence electrons. The van der Waals surface area contributed by atoms with Gasteiger partial charge >= 0.3 is 6.03 Å². The van der Waals surface area contributed by atoms with Gasteiger partial charge in [0.1, 0.15) is 0 Å². The molecule has 1 fully saturated rings. The minimum absolute atomic E-state index is 0.114. The molecule has 0 aliphatic carbocycles. The van der Waals surface area contributed by atoms with Crippen molar-refractivity contribution in [1.82, 2.24) is 20.5 Å². The molecule has 0 saturated carbocycles. The molecule has 2 N–H and O–H groups in total. The molecule has 0 unspecified atom stereocenters. The molecule has 20 heavy (non-hydrogen) atoms. The highest BCUT2D eigenvalue weighted by Gasteiger charge is 2.10. The molecule has 0 aromatic carbocycles. The minimum atomic E-state index is -0.114. The molecular formula is C15H24N4O. The van der Waals surface area contributed by atoms with E-state index in [1.54, 1.807) is 6.20 Å². The summed E-state index contributed by atoms with van der Waals surface area (Å²) in [6.07, 6.45) is 6.60. The van der Waals surface area contributed by atoms with E-state index in [0.29, 0.717) is 6.54 Å². The maximum absolute atomic E-state index is 11.6. The van der Waals surface area contributed by atoms with E-state index in [1.165, 1.54) is 25.9 Å². The lowest BCUT2D eigenvalue weighted by Gasteiger charge is -2.14. The molecule has 5 heteroatoms. The summed E-state index contributed by atoms with van der Waals surface area (Å²) in [6, 6.07) is 5.57. The van der Waals surface area contributed by atoms with Gasteiger partial charge < -0.3 is 15.5 Å². The molecule has 1 aliphatic rings. The molecule has 0 bridgehead atoms. The quantitative estimate of drug-likeness (QED) is 0.746. The molecule has 1 aromatic heterocycles. The highest BCUT2D eigenvalue weighted by molar-refractivity contribution is 5.73. The number of unbranched alkanes of at least 4 members (excludes halogenated alkanes) is 1. The predicted molar refractivity (Wildman–Crippen MR) is 79.4 cm³/mol. The lowest BCUT2D eigenvalue weighted by atomic mass is 10.3. The third-order valence-electron chi connectivity index (χ3n) is 3.54. The van der Waals surface area contributed by atoms with Crippen LogP contribution < -0.4 is 10.6 Å². The maximum Gasteiger partial charge on any atom is 0.315 e. The summed E-state index contributed by atoms with van der Waals surface area (Å²) in [7, 11) is 0. The smallest absolute Gasteiger partial charge is 0.315 e. The first-order chi connectivity index (χ1) is 9.84. The molecule has 2 heterocycles. The van der Waals surface area contributed by atoms with Crippen LogP contribution in [0.25, 0.3) is 0 Å². The van der Waals surface area contributed by atoms with Crippen molar-refractivity contribution in [1.29, 1.82) is 0 Å². The molecule has 0 radical (unpaired) electrons. The summed E-state index contributed by atoms with van der Waals surface area (Å²) in [4.78, 5) is 18.2. The maximum atomic E-state index is 11.6. The second kappa shape index (κ2) is 8.53. The van der Waals surface area contributed by atoms with Gasteiger partial charge in [-0.1, -0.05) is 6.07 Å². The van der Waals surface area contributed by atoms with Crippen molar-refractivity contribution in [2.45, 2.75) is 32.2 Å². The summed E-state index contributed by atoms with van der Waals surface area (Å²) in [5.74, 6) is 0. The van der Waals surface area contributed by atoms with Crippen LogP contribution in [-0.4, -0.2) is 42.1 Å². The molecule has 2 amide bonds. The lowest BCUT2D eigenvalue weighted by Crippen LogP contribution is -2.36. The Morgan fingerprint density at radius 2 is 2.05 bits per heavy atom. The van der Waals surface area contributed by atoms with Gasteiger partial charge in [0.2, 0.25) is 0 Å². The number of rotatable bonds is 7. The predicted octanol–water partition coefficient (Wildman–Crippen LogP) is 1.76. The lowest BCUT2D eigenvalue weighted by molar-refractivity contribution is 0.240. The van der Waals surface area contributed by atoms with Crippen LogP contribution in [0.15, 0.2) is 24.4 Å². The van der Waals surface area contributed by atoms with Crippen LogP contribution in [0.5, 0.6) is 0 Å². The highest BCUT2D eigenvalue weighted by Crippen LogP contribution is 2.07. The molecule has 2 rings (SSSR count). The van der Waals surface area contributed by atoms with E-state index in [-0.39, 0.29) is 6.03 Å². The Kier molecular flexibility index (Phi) is 6.31. The average molecular weight is 276 g/mol. The number of hydrogen-bond acceptors (Lipinski definition) is 3. The van der Waals surface area contributed by atoms with Crippen molar-refractivity contribution in [3.63, 3.8) is 0 Å². The standard InChI is InChI=1S/C15H24N4O/c20-15(18-13-14-7-1-2-8-16-14)17-9-3-4-10-19-11-5-6-12-19/h1-2,7-8H,3-6,9-13H2,(H2,17,18,20). The average Bonchev–Trinajstić information content (AvgIpc) is 2.99. The van der Waals surface area contributed by atoms with E-state index in [0.717, 1.165) is 31.6 Å². The molecule has 1 aliphatic heterocycles. The van der Waals surface area contributed by atoms with E-state index in [2.05, 4.69) is 20.5 Å². The fraction of sp³-hybridized carbons (Fsp3) is 0.600. The summed E-state index contributed by atoms with van der Waals surface area (Å²) in [5.41, 5.74) is 0.872. The number of hydrogen-bond donors (Lipinski definition) is 2. The summed E-state index contributed by atoms with van der Waals surface area (Å²) >= 11 is 0. The number of aromatic nitrogens is 1. The van der Waals surface area contributed by atoms with E-state index in [1.807, 2.05) is 18.2 Å². The fourth-order valence-corrected chi connectivity index (χ4v) is 2.40. The number of amides is 2. The van der Waals surface area contributed by atoms with Gasteiger partial charge in [0.25, 0.3) is 0 Å². The van der Waals surface area contributed by atoms with Crippen molar-refractivity contribution >= 4 is 6.03 Å². The number of pyridine rings is 1. The van der Waals surface area contributed by atoms with Crippen LogP contribution in [0.2, 0.25) is 0 Å². The van der Waals surface area contributed by atoms with Gasteiger partial charge in [-0.3, -0.25) is 4.98 Å². The molecule has 1 saturated heterocycles. The van der Waals surface area contributed by atoms with Gasteiger partial charge in [0, 0.05) is 12.7 Å². The second-order valence-corrected chi connectivity index (χ2v) is 5.19. The first-order valence-corrected chi connectivity index (χ1v) is 7.48. The van der Waals surface area contributed by atoms with Gasteiger partial charge in [0.05, 0.1) is 12.2 Å². The van der Waals surface area contributed by atoms with Crippen LogP contribution in [-0.2, 0) is 6.54 Å². The molecule has 0 atom stereocenters. The van der Waals surface area contributed by atoms with Crippen LogP contribution in [0.1, 0.15) is 31.4 Å². The fourth-order valence-electron chi connectivity index (χ4n) is 2.40. The van der Waals surface area contributed by atoms with E-state index < -0.39 is 0 Å². The second-order valence-electron chi connectivity index (χ2n) is 5.19. The van der Waals surface area contributed by atoms with Crippen LogP contribution in [0, 0.1) is 0 Å². The van der Waals surface area contributed by atoms with Crippen molar-refractivity contribution < 1.29 is 4.79 Å². The Labute approximate surface area is 120 Å². The Balaban J connectivity index is 1.47. The first kappa shape index (κ1) is 14.8. The Morgan fingerprint density at radius 3 is 2.80 bits per heavy atom. The highest BCUT2D eigenvalue weighted by atomic mass is 16.2. The number of carbonyl (C=O) groups is 1. The monoisotopic (exact) mass is 276 g/mol. The van der Waals surface area contributed by atoms with Gasteiger partial charge in [0.15, 0.2) is 0 Å². The number of nitrogens with one attached hydrogen (secondary N) is 2. The number of nitrogens with zero attached hydrogens (tertiary/aromatic N) is 2. The van der Waals surface area contributed by atoms with Crippen molar-refractivity contribution in [2.75, 3.05) is 26.2 Å². The zero-order valence-corrected chi connectivity index (χ0v) is 12.0. The van der Waals surface area contributed by atoms with Crippen molar-refractivity contribution in [2.24, 2.45) is 0 Å². The largest absolute Gasteiger partial charge is 0.338 e. The minimum Gasteiger partial charge on any atom is -0.338 e. The van der Waals surface area contributed by atoms with Gasteiger partial charge in [-0.2, -0.15) is 0 Å². The van der Waals surface area contributed by atoms with Gasteiger partial charge in [-0.15, -0.1) is 0 Å². The SMILES string of the molecule is O=C(NCCCCN1CCCC1)NCc1ccccn1. The zero-order chi connectivity index (χ0) is 14.0. The topological polar surface area (TPSA) is 57.3 Å². The first-order valence-electron chi connectivity index (χ1n) is 7.48. The van der Waals surface area contributed by atoms with Crippen molar-refractivity contribution in [3.05, 3.63) is 30.1 Å². The number of urea groups is 1. The summed E-state index contributed by atoms with van der Waals surface area (Å²) < 4.78 is 0. The third-order valence-corrected chi connectivity index (χ3v) is 3.54. The molecule has 1 aromatic rings. The Hall–Kier alpha value is -1.62. The van der Waals surface area contributed by atoms with E-state index >= 15 is 0 Å². The Bertz CT molecular complexity index is 390. The van der Waals surface area contributed by atoms with E-state index in [9.17, 15) is 4.79 Å². The number of likely N-dealkylation sites (tertiary alicyclic amines) is 1. The van der Waals surface area contributed by atoms with Crippen LogP contribution in [0.4, 0.5) is 4.79 Å². The van der Waals surface area contributed by atoms with E-state index in [4.69, 9.17) is 0 Å². The van der Waals surface area contributed by atoms with Gasteiger partial charge in [-0.05, 0) is 57.5 Å². The zero-order valence-electron chi connectivity index (χ0n) is 12.0. The summed E-state index contributed by atoms with van der Waals surface area (Å²) in [6.45, 7) is 4.87. The molecular weight excluding hydrogens is 252 g/mol. The van der Waals surface area contributed by atoms with Crippen LogP contribution >= 0.6 is 0 Å². The Morgan fingerprint density at radius 1 is 1.20 bits per heavy atom. The third kappa shape index (κ3) is 5.57. The summed E-state index contributed by atoms with van der Waals surface area (Å²) in [5, 5.41) is 5.69. The van der Waals surface area contributed by atoms with Gasteiger partial charge in [-0.25, -0.2) is 4.79 Å². The number of carbonyl (C=O) groups excluding carboxylic acids is 1. The van der Waals surface area contributed by atoms with Crippen LogP contribution in [0.3, 0.4) is 0 Å². The van der Waals surface area contributed by atoms with Crippen molar-refractivity contribution in [3.8, 4) is 0 Å². The molecule has 5 nitrogen and oxygen atoms in total.